The second-order valence-corrected chi connectivity index (χ2v) is 5.90. The summed E-state index contributed by atoms with van der Waals surface area (Å²) in [6.45, 7) is 1.98. The Labute approximate surface area is 155 Å². The van der Waals surface area contributed by atoms with Crippen LogP contribution in [0.5, 0.6) is 17.4 Å². The Kier molecular flexibility index (Phi) is 4.37. The minimum atomic E-state index is -0.212. The zero-order chi connectivity index (χ0) is 18.8. The third-order valence-corrected chi connectivity index (χ3v) is 4.07. The summed E-state index contributed by atoms with van der Waals surface area (Å²) in [6, 6.07) is 8.85. The first-order valence-electron chi connectivity index (χ1n) is 8.28. The molecule has 138 valence electrons. The van der Waals surface area contributed by atoms with Crippen molar-refractivity contribution in [1.82, 2.24) is 9.97 Å². The topological polar surface area (TPSA) is 95.7 Å². The second kappa shape index (κ2) is 6.99. The summed E-state index contributed by atoms with van der Waals surface area (Å²) in [5, 5.41) is 2.78. The van der Waals surface area contributed by atoms with Gasteiger partial charge in [0.25, 0.3) is 0 Å². The second-order valence-electron chi connectivity index (χ2n) is 5.90. The molecule has 0 atom stereocenters. The van der Waals surface area contributed by atoms with Crippen molar-refractivity contribution in [3.63, 3.8) is 0 Å². The lowest BCUT2D eigenvalue weighted by Gasteiger charge is -2.04. The molecule has 2 aromatic heterocycles. The van der Waals surface area contributed by atoms with Crippen molar-refractivity contribution in [2.75, 3.05) is 19.2 Å². The van der Waals surface area contributed by atoms with Crippen LogP contribution in [0, 0.1) is 6.92 Å². The molecule has 0 aliphatic carbocycles. The van der Waals surface area contributed by atoms with Gasteiger partial charge in [-0.15, -0.1) is 0 Å². The summed E-state index contributed by atoms with van der Waals surface area (Å²) in [6.07, 6.45) is 1.62. The van der Waals surface area contributed by atoms with Crippen molar-refractivity contribution >= 4 is 11.6 Å². The number of hydrogen-bond donors (Lipinski definition) is 1. The van der Waals surface area contributed by atoms with Crippen LogP contribution < -0.4 is 19.5 Å². The molecule has 4 rings (SSSR count). The van der Waals surface area contributed by atoms with Gasteiger partial charge in [0.15, 0.2) is 11.5 Å². The van der Waals surface area contributed by atoms with E-state index in [1.54, 1.807) is 31.2 Å². The summed E-state index contributed by atoms with van der Waals surface area (Å²) >= 11 is 0. The number of carbonyl (C=O) groups excluding carboxylic acids is 1. The quantitative estimate of drug-likeness (QED) is 0.740. The summed E-state index contributed by atoms with van der Waals surface area (Å²) in [4.78, 5) is 20.8. The Morgan fingerprint density at radius 3 is 2.85 bits per heavy atom. The number of aryl methyl sites for hydroxylation is 1. The van der Waals surface area contributed by atoms with Gasteiger partial charge in [0.2, 0.25) is 24.5 Å². The van der Waals surface area contributed by atoms with Gasteiger partial charge in [-0.05, 0) is 31.2 Å². The SMILES string of the molecule is COc1ccc(NC(=O)Cc2nc(-c3ccc4c(c3)OCO4)oc2C)cn1. The fourth-order valence-electron chi connectivity index (χ4n) is 2.68. The maximum absolute atomic E-state index is 12.3. The molecule has 0 spiro atoms. The number of carbonyl (C=O) groups is 1. The number of aromatic nitrogens is 2. The molecule has 0 radical (unpaired) electrons. The molecule has 1 aliphatic rings. The molecule has 1 amide bonds. The predicted molar refractivity (Wildman–Crippen MR) is 95.9 cm³/mol. The summed E-state index contributed by atoms with van der Waals surface area (Å²) in [5.41, 5.74) is 1.91. The lowest BCUT2D eigenvalue weighted by Crippen LogP contribution is -2.15. The van der Waals surface area contributed by atoms with Gasteiger partial charge in [0.05, 0.1) is 31.1 Å². The predicted octanol–water partition coefficient (Wildman–Crippen LogP) is 2.96. The van der Waals surface area contributed by atoms with E-state index in [0.29, 0.717) is 40.4 Å². The van der Waals surface area contributed by atoms with E-state index in [1.165, 1.54) is 13.3 Å². The smallest absolute Gasteiger partial charge is 0.231 e. The molecule has 3 heterocycles. The number of ether oxygens (including phenoxy) is 3. The van der Waals surface area contributed by atoms with E-state index in [2.05, 4.69) is 15.3 Å². The molecule has 0 saturated heterocycles. The van der Waals surface area contributed by atoms with E-state index in [4.69, 9.17) is 18.6 Å². The summed E-state index contributed by atoms with van der Waals surface area (Å²) in [7, 11) is 1.53. The van der Waals surface area contributed by atoms with Crippen molar-refractivity contribution in [1.29, 1.82) is 0 Å². The molecular weight excluding hydrogens is 350 g/mol. The van der Waals surface area contributed by atoms with Gasteiger partial charge < -0.3 is 23.9 Å². The van der Waals surface area contributed by atoms with Gasteiger partial charge in [-0.1, -0.05) is 0 Å². The molecule has 1 aromatic carbocycles. The van der Waals surface area contributed by atoms with Gasteiger partial charge >= 0.3 is 0 Å². The highest BCUT2D eigenvalue weighted by atomic mass is 16.7. The van der Waals surface area contributed by atoms with E-state index < -0.39 is 0 Å². The minimum absolute atomic E-state index is 0.0892. The molecule has 27 heavy (non-hydrogen) atoms. The number of nitrogens with zero attached hydrogens (tertiary/aromatic N) is 2. The number of nitrogens with one attached hydrogen (secondary N) is 1. The first-order chi connectivity index (χ1) is 13.1. The highest BCUT2D eigenvalue weighted by molar-refractivity contribution is 5.92. The fraction of sp³-hybridized carbons (Fsp3) is 0.211. The van der Waals surface area contributed by atoms with Crippen LogP contribution in [-0.4, -0.2) is 29.8 Å². The van der Waals surface area contributed by atoms with Gasteiger partial charge in [-0.3, -0.25) is 4.79 Å². The van der Waals surface area contributed by atoms with E-state index >= 15 is 0 Å². The van der Waals surface area contributed by atoms with Crippen LogP contribution in [0.2, 0.25) is 0 Å². The van der Waals surface area contributed by atoms with Gasteiger partial charge in [-0.25, -0.2) is 9.97 Å². The van der Waals surface area contributed by atoms with Crippen LogP contribution in [0.1, 0.15) is 11.5 Å². The normalized spacial score (nSPS) is 12.1. The van der Waals surface area contributed by atoms with E-state index in [9.17, 15) is 4.79 Å². The molecular formula is C19H17N3O5. The van der Waals surface area contributed by atoms with Crippen molar-refractivity contribution in [3.05, 3.63) is 48.0 Å². The Morgan fingerprint density at radius 2 is 2.07 bits per heavy atom. The minimum Gasteiger partial charge on any atom is -0.481 e. The molecule has 1 aliphatic heterocycles. The Hall–Kier alpha value is -3.55. The fourth-order valence-corrected chi connectivity index (χ4v) is 2.68. The Balaban J connectivity index is 1.47. The first kappa shape index (κ1) is 16.9. The molecule has 0 fully saturated rings. The number of pyridine rings is 1. The molecule has 0 unspecified atom stereocenters. The van der Waals surface area contributed by atoms with Crippen LogP contribution in [0.3, 0.4) is 0 Å². The van der Waals surface area contributed by atoms with E-state index in [1.807, 2.05) is 6.07 Å². The average Bonchev–Trinajstić information content (AvgIpc) is 3.28. The molecule has 1 N–H and O–H groups in total. The maximum atomic E-state index is 12.3. The molecule has 3 aromatic rings. The summed E-state index contributed by atoms with van der Waals surface area (Å²) in [5.74, 6) is 2.62. The molecule has 8 nitrogen and oxygen atoms in total. The standard InChI is InChI=1S/C19H17N3O5/c1-11-14(8-17(23)21-13-4-6-18(24-2)20-9-13)22-19(27-11)12-3-5-15-16(7-12)26-10-25-15/h3-7,9H,8,10H2,1-2H3,(H,21,23). The van der Waals surface area contributed by atoms with Gasteiger partial charge in [0.1, 0.15) is 5.76 Å². The number of rotatable bonds is 5. The lowest BCUT2D eigenvalue weighted by atomic mass is 10.2. The zero-order valence-electron chi connectivity index (χ0n) is 14.8. The van der Waals surface area contributed by atoms with Crippen molar-refractivity contribution < 1.29 is 23.4 Å². The number of anilines is 1. The van der Waals surface area contributed by atoms with Gasteiger partial charge in [0, 0.05) is 11.6 Å². The lowest BCUT2D eigenvalue weighted by molar-refractivity contribution is -0.115. The number of benzene rings is 1. The van der Waals surface area contributed by atoms with Crippen molar-refractivity contribution in [3.8, 4) is 28.8 Å². The van der Waals surface area contributed by atoms with Crippen LogP contribution >= 0.6 is 0 Å². The molecule has 8 heteroatoms. The third-order valence-electron chi connectivity index (χ3n) is 4.07. The van der Waals surface area contributed by atoms with E-state index in [0.717, 1.165) is 5.56 Å². The number of methoxy groups -OCH3 is 1. The number of oxazole rings is 1. The highest BCUT2D eigenvalue weighted by Crippen LogP contribution is 2.36. The number of fused-ring (bicyclic) bond motifs is 1. The zero-order valence-corrected chi connectivity index (χ0v) is 14.8. The monoisotopic (exact) mass is 367 g/mol. The van der Waals surface area contributed by atoms with Crippen LogP contribution in [0.25, 0.3) is 11.5 Å². The highest BCUT2D eigenvalue weighted by Gasteiger charge is 2.18. The average molecular weight is 367 g/mol. The molecule has 0 bridgehead atoms. The van der Waals surface area contributed by atoms with Crippen molar-refractivity contribution in [2.24, 2.45) is 0 Å². The van der Waals surface area contributed by atoms with Crippen molar-refractivity contribution in [2.45, 2.75) is 13.3 Å². The van der Waals surface area contributed by atoms with Crippen LogP contribution in [0.15, 0.2) is 40.9 Å². The first-order valence-corrected chi connectivity index (χ1v) is 8.28. The Morgan fingerprint density at radius 1 is 1.22 bits per heavy atom. The Bertz CT molecular complexity index is 982. The largest absolute Gasteiger partial charge is 0.481 e. The third kappa shape index (κ3) is 3.55. The molecule has 0 saturated carbocycles. The maximum Gasteiger partial charge on any atom is 0.231 e. The van der Waals surface area contributed by atoms with Crippen LogP contribution in [0.4, 0.5) is 5.69 Å². The van der Waals surface area contributed by atoms with E-state index in [-0.39, 0.29) is 19.1 Å². The number of hydrogen-bond acceptors (Lipinski definition) is 7. The number of amides is 1. The van der Waals surface area contributed by atoms with Crippen LogP contribution in [-0.2, 0) is 11.2 Å². The summed E-state index contributed by atoms with van der Waals surface area (Å²) < 4.78 is 21.4. The van der Waals surface area contributed by atoms with Gasteiger partial charge in [-0.2, -0.15) is 0 Å².